The molecule has 0 radical (unpaired) electrons. The summed E-state index contributed by atoms with van der Waals surface area (Å²) >= 11 is 4.63. The molecule has 0 aromatic heterocycles. The molecule has 0 aromatic rings. The van der Waals surface area contributed by atoms with E-state index in [0.717, 1.165) is 5.75 Å². The summed E-state index contributed by atoms with van der Waals surface area (Å²) in [4.78, 5) is 5.20. The SMILES string of the molecule is CC1CN(CC2(CS)CCCC2)CC(C)N1C. The number of rotatable bonds is 3. The maximum Gasteiger partial charge on any atom is 0.0195 e. The molecule has 1 aliphatic heterocycles. The monoisotopic (exact) mass is 256 g/mol. The first-order valence-corrected chi connectivity index (χ1v) is 7.75. The van der Waals surface area contributed by atoms with Crippen LogP contribution in [0.5, 0.6) is 0 Å². The quantitative estimate of drug-likeness (QED) is 0.775. The van der Waals surface area contributed by atoms with Crippen LogP contribution in [0.2, 0.25) is 0 Å². The summed E-state index contributed by atoms with van der Waals surface area (Å²) in [7, 11) is 2.26. The van der Waals surface area contributed by atoms with E-state index in [1.165, 1.54) is 45.3 Å². The Morgan fingerprint density at radius 2 is 1.65 bits per heavy atom. The van der Waals surface area contributed by atoms with E-state index in [1.807, 2.05) is 0 Å². The molecule has 3 heteroatoms. The molecule has 1 saturated heterocycles. The van der Waals surface area contributed by atoms with Crippen molar-refractivity contribution in [2.45, 2.75) is 51.6 Å². The molecule has 2 atom stereocenters. The highest BCUT2D eigenvalue weighted by atomic mass is 32.1. The van der Waals surface area contributed by atoms with Gasteiger partial charge in [0.2, 0.25) is 0 Å². The minimum absolute atomic E-state index is 0.526. The van der Waals surface area contributed by atoms with Gasteiger partial charge >= 0.3 is 0 Å². The summed E-state index contributed by atoms with van der Waals surface area (Å²) in [5.41, 5.74) is 0.526. The van der Waals surface area contributed by atoms with Crippen molar-refractivity contribution in [3.63, 3.8) is 0 Å². The minimum atomic E-state index is 0.526. The van der Waals surface area contributed by atoms with Crippen LogP contribution < -0.4 is 0 Å². The predicted octanol–water partition coefficient (Wildman–Crippen LogP) is 2.50. The van der Waals surface area contributed by atoms with Crippen LogP contribution in [0.25, 0.3) is 0 Å². The van der Waals surface area contributed by atoms with Crippen molar-refractivity contribution in [2.24, 2.45) is 5.41 Å². The first-order chi connectivity index (χ1) is 8.06. The lowest BCUT2D eigenvalue weighted by molar-refractivity contribution is 0.0370. The van der Waals surface area contributed by atoms with E-state index in [-0.39, 0.29) is 0 Å². The standard InChI is InChI=1S/C14H28N2S/c1-12-8-16(9-13(2)15(12)3)10-14(11-17)6-4-5-7-14/h12-13,17H,4-11H2,1-3H3. The minimum Gasteiger partial charge on any atom is -0.300 e. The number of piperazine rings is 1. The summed E-state index contributed by atoms with van der Waals surface area (Å²) < 4.78 is 0. The molecule has 1 heterocycles. The molecule has 2 rings (SSSR count). The Balaban J connectivity index is 1.94. The zero-order valence-electron chi connectivity index (χ0n) is 11.7. The van der Waals surface area contributed by atoms with Crippen molar-refractivity contribution < 1.29 is 0 Å². The third-order valence-electron chi connectivity index (χ3n) is 4.99. The smallest absolute Gasteiger partial charge is 0.0195 e. The van der Waals surface area contributed by atoms with Crippen LogP contribution in [0, 0.1) is 5.41 Å². The summed E-state index contributed by atoms with van der Waals surface area (Å²) in [5.74, 6) is 1.07. The molecule has 2 nitrogen and oxygen atoms in total. The highest BCUT2D eigenvalue weighted by molar-refractivity contribution is 7.80. The normalized spacial score (nSPS) is 35.3. The van der Waals surface area contributed by atoms with Crippen molar-refractivity contribution in [1.82, 2.24) is 9.80 Å². The second kappa shape index (κ2) is 5.50. The zero-order chi connectivity index (χ0) is 12.5. The number of likely N-dealkylation sites (N-methyl/N-ethyl adjacent to an activating group) is 1. The van der Waals surface area contributed by atoms with Gasteiger partial charge in [-0.15, -0.1) is 0 Å². The Hall–Kier alpha value is 0.270. The van der Waals surface area contributed by atoms with Gasteiger partial charge in [0.15, 0.2) is 0 Å². The highest BCUT2D eigenvalue weighted by Gasteiger charge is 2.36. The molecule has 0 N–H and O–H groups in total. The van der Waals surface area contributed by atoms with Gasteiger partial charge in [0, 0.05) is 31.7 Å². The second-order valence-corrected chi connectivity index (χ2v) is 6.74. The molecule has 2 unspecified atom stereocenters. The second-order valence-electron chi connectivity index (χ2n) is 6.42. The molecule has 100 valence electrons. The van der Waals surface area contributed by atoms with Gasteiger partial charge < -0.3 is 0 Å². The molecule has 2 aliphatic rings. The van der Waals surface area contributed by atoms with Gasteiger partial charge in [0.25, 0.3) is 0 Å². The van der Waals surface area contributed by atoms with E-state index in [1.54, 1.807) is 0 Å². The van der Waals surface area contributed by atoms with Gasteiger partial charge in [0.05, 0.1) is 0 Å². The van der Waals surface area contributed by atoms with E-state index in [0.29, 0.717) is 17.5 Å². The van der Waals surface area contributed by atoms with Crippen LogP contribution in [-0.2, 0) is 0 Å². The van der Waals surface area contributed by atoms with Crippen molar-refractivity contribution in [1.29, 1.82) is 0 Å². The van der Waals surface area contributed by atoms with Crippen LogP contribution >= 0.6 is 12.6 Å². The van der Waals surface area contributed by atoms with Gasteiger partial charge in [-0.25, -0.2) is 0 Å². The van der Waals surface area contributed by atoms with Crippen molar-refractivity contribution in [3.05, 3.63) is 0 Å². The fraction of sp³-hybridized carbons (Fsp3) is 1.00. The lowest BCUT2D eigenvalue weighted by atomic mass is 9.87. The Morgan fingerprint density at radius 1 is 1.12 bits per heavy atom. The third-order valence-corrected chi connectivity index (χ3v) is 5.66. The summed E-state index contributed by atoms with van der Waals surface area (Å²) in [6.45, 7) is 8.45. The van der Waals surface area contributed by atoms with E-state index >= 15 is 0 Å². The maximum atomic E-state index is 4.63. The van der Waals surface area contributed by atoms with E-state index < -0.39 is 0 Å². The van der Waals surface area contributed by atoms with Crippen molar-refractivity contribution in [2.75, 3.05) is 32.4 Å². The summed E-state index contributed by atoms with van der Waals surface area (Å²) in [6, 6.07) is 1.38. The van der Waals surface area contributed by atoms with Crippen LogP contribution in [0.15, 0.2) is 0 Å². The number of hydrogen-bond donors (Lipinski definition) is 1. The first-order valence-electron chi connectivity index (χ1n) is 7.11. The molecule has 0 bridgehead atoms. The molecular formula is C14H28N2S. The number of hydrogen-bond acceptors (Lipinski definition) is 3. The molecule has 1 aliphatic carbocycles. The fourth-order valence-corrected chi connectivity index (χ4v) is 4.02. The Morgan fingerprint density at radius 3 is 2.12 bits per heavy atom. The molecule has 0 spiro atoms. The van der Waals surface area contributed by atoms with E-state index in [4.69, 9.17) is 0 Å². The predicted molar refractivity (Wildman–Crippen MR) is 77.9 cm³/mol. The van der Waals surface area contributed by atoms with Gasteiger partial charge in [-0.1, -0.05) is 12.8 Å². The fourth-order valence-electron chi connectivity index (χ4n) is 3.61. The van der Waals surface area contributed by atoms with Crippen molar-refractivity contribution >= 4 is 12.6 Å². The Labute approximate surface area is 112 Å². The third kappa shape index (κ3) is 2.99. The van der Waals surface area contributed by atoms with Gasteiger partial charge in [-0.2, -0.15) is 12.6 Å². The zero-order valence-corrected chi connectivity index (χ0v) is 12.5. The molecular weight excluding hydrogens is 228 g/mol. The Kier molecular flexibility index (Phi) is 4.43. The molecule has 0 amide bonds. The lowest BCUT2D eigenvalue weighted by Crippen LogP contribution is -2.56. The number of nitrogens with zero attached hydrogens (tertiary/aromatic N) is 2. The topological polar surface area (TPSA) is 6.48 Å². The van der Waals surface area contributed by atoms with E-state index in [2.05, 4.69) is 43.3 Å². The van der Waals surface area contributed by atoms with Crippen LogP contribution in [0.1, 0.15) is 39.5 Å². The van der Waals surface area contributed by atoms with Gasteiger partial charge in [-0.3, -0.25) is 9.80 Å². The number of thiol groups is 1. The lowest BCUT2D eigenvalue weighted by Gasteiger charge is -2.45. The summed E-state index contributed by atoms with van der Waals surface area (Å²) in [6.07, 6.45) is 5.62. The molecule has 1 saturated carbocycles. The highest BCUT2D eigenvalue weighted by Crippen LogP contribution is 2.40. The first kappa shape index (κ1) is 13.7. The summed E-state index contributed by atoms with van der Waals surface area (Å²) in [5, 5.41) is 0. The van der Waals surface area contributed by atoms with Crippen molar-refractivity contribution in [3.8, 4) is 0 Å². The van der Waals surface area contributed by atoms with Gasteiger partial charge in [-0.05, 0) is 44.9 Å². The van der Waals surface area contributed by atoms with Crippen LogP contribution in [0.3, 0.4) is 0 Å². The van der Waals surface area contributed by atoms with Crippen LogP contribution in [-0.4, -0.2) is 54.3 Å². The average Bonchev–Trinajstić information content (AvgIpc) is 2.75. The largest absolute Gasteiger partial charge is 0.300 e. The van der Waals surface area contributed by atoms with Crippen LogP contribution in [0.4, 0.5) is 0 Å². The average molecular weight is 256 g/mol. The van der Waals surface area contributed by atoms with E-state index in [9.17, 15) is 0 Å². The maximum absolute atomic E-state index is 4.63. The Bertz CT molecular complexity index is 239. The van der Waals surface area contributed by atoms with Gasteiger partial charge in [0.1, 0.15) is 0 Å². The molecule has 17 heavy (non-hydrogen) atoms. The molecule has 2 fully saturated rings. The molecule has 0 aromatic carbocycles.